The number of aromatic nitrogens is 2. The van der Waals surface area contributed by atoms with E-state index in [0.717, 1.165) is 5.69 Å². The average molecular weight is 206 g/mol. The molecular weight excluding hydrogens is 192 g/mol. The largest absolute Gasteiger partial charge is 0.463 e. The molecule has 1 aromatic heterocycles. The highest BCUT2D eigenvalue weighted by Crippen LogP contribution is 2.11. The van der Waals surface area contributed by atoms with Gasteiger partial charge in [0.25, 0.3) is 0 Å². The van der Waals surface area contributed by atoms with Gasteiger partial charge in [0.1, 0.15) is 6.61 Å². The van der Waals surface area contributed by atoms with Gasteiger partial charge >= 0.3 is 0 Å². The molecule has 0 bridgehead atoms. The quantitative estimate of drug-likeness (QED) is 0.749. The summed E-state index contributed by atoms with van der Waals surface area (Å²) in [4.78, 5) is 8.27. The Labute approximate surface area is 89.3 Å². The maximum absolute atomic E-state index is 8.40. The van der Waals surface area contributed by atoms with Crippen LogP contribution < -0.4 is 4.74 Å². The van der Waals surface area contributed by atoms with Gasteiger partial charge in [-0.15, -0.1) is 0 Å². The molecule has 0 saturated heterocycles. The zero-order chi connectivity index (χ0) is 11.1. The molecule has 0 atom stereocenters. The lowest BCUT2D eigenvalue weighted by atomic mass is 10.1. The Bertz CT molecular complexity index is 349. The summed E-state index contributed by atoms with van der Waals surface area (Å²) in [6.45, 7) is 4.17. The molecule has 4 heteroatoms. The molecule has 1 heterocycles. The Morgan fingerprint density at radius 2 is 2.13 bits per heavy atom. The maximum Gasteiger partial charge on any atom is 0.233 e. The number of aliphatic hydroxyl groups excluding tert-OH is 1. The number of hydrogen-bond acceptors (Lipinski definition) is 4. The summed E-state index contributed by atoms with van der Waals surface area (Å²) in [7, 11) is 0. The fraction of sp³-hybridized carbons (Fsp3) is 0.455. The molecule has 0 spiro atoms. The minimum atomic E-state index is -0.151. The van der Waals surface area contributed by atoms with Gasteiger partial charge in [0.05, 0.1) is 18.1 Å². The summed E-state index contributed by atoms with van der Waals surface area (Å²) >= 11 is 0. The second kappa shape index (κ2) is 5.99. The Balaban J connectivity index is 2.50. The summed E-state index contributed by atoms with van der Waals surface area (Å²) in [5.74, 6) is 5.92. The van der Waals surface area contributed by atoms with Gasteiger partial charge < -0.3 is 9.84 Å². The summed E-state index contributed by atoms with van der Waals surface area (Å²) < 4.78 is 5.18. The van der Waals surface area contributed by atoms with Crippen molar-refractivity contribution in [2.24, 2.45) is 0 Å². The van der Waals surface area contributed by atoms with Gasteiger partial charge in [-0.05, 0) is 5.92 Å². The first-order chi connectivity index (χ1) is 7.24. The zero-order valence-electron chi connectivity index (χ0n) is 8.90. The fourth-order valence-electron chi connectivity index (χ4n) is 0.916. The number of ether oxygens (including phenoxy) is 1. The van der Waals surface area contributed by atoms with E-state index in [1.54, 1.807) is 12.4 Å². The number of aliphatic hydroxyl groups is 1. The van der Waals surface area contributed by atoms with Crippen LogP contribution >= 0.6 is 0 Å². The van der Waals surface area contributed by atoms with Crippen molar-refractivity contribution in [2.45, 2.75) is 19.8 Å². The van der Waals surface area contributed by atoms with Crippen LogP contribution in [0.3, 0.4) is 0 Å². The van der Waals surface area contributed by atoms with Crippen LogP contribution in [-0.2, 0) is 0 Å². The maximum atomic E-state index is 8.40. The molecule has 0 aliphatic heterocycles. The lowest BCUT2D eigenvalue weighted by Crippen LogP contribution is -1.99. The Morgan fingerprint density at radius 1 is 1.33 bits per heavy atom. The van der Waals surface area contributed by atoms with Crippen molar-refractivity contribution in [3.8, 4) is 17.7 Å². The van der Waals surface area contributed by atoms with E-state index in [4.69, 9.17) is 9.84 Å². The molecule has 4 nitrogen and oxygen atoms in total. The molecule has 0 saturated carbocycles. The van der Waals surface area contributed by atoms with Crippen molar-refractivity contribution >= 4 is 0 Å². The van der Waals surface area contributed by atoms with Gasteiger partial charge in [0, 0.05) is 0 Å². The third-order valence-corrected chi connectivity index (χ3v) is 1.74. The van der Waals surface area contributed by atoms with Crippen molar-refractivity contribution < 1.29 is 9.84 Å². The topological polar surface area (TPSA) is 55.2 Å². The summed E-state index contributed by atoms with van der Waals surface area (Å²) in [5, 5.41) is 8.40. The van der Waals surface area contributed by atoms with Crippen molar-refractivity contribution in [1.82, 2.24) is 9.97 Å². The van der Waals surface area contributed by atoms with E-state index < -0.39 is 0 Å². The van der Waals surface area contributed by atoms with Gasteiger partial charge in [-0.25, -0.2) is 4.98 Å². The monoisotopic (exact) mass is 206 g/mol. The first-order valence-corrected chi connectivity index (χ1v) is 4.75. The van der Waals surface area contributed by atoms with E-state index in [2.05, 4.69) is 35.7 Å². The van der Waals surface area contributed by atoms with E-state index in [9.17, 15) is 0 Å². The van der Waals surface area contributed by atoms with Gasteiger partial charge in [-0.3, -0.25) is 4.98 Å². The molecule has 0 radical (unpaired) electrons. The molecule has 15 heavy (non-hydrogen) atoms. The van der Waals surface area contributed by atoms with E-state index in [0.29, 0.717) is 11.8 Å². The number of nitrogens with zero attached hydrogens (tertiary/aromatic N) is 2. The van der Waals surface area contributed by atoms with Crippen LogP contribution in [0.1, 0.15) is 25.5 Å². The third-order valence-electron chi connectivity index (χ3n) is 1.74. The molecule has 1 rings (SSSR count). The molecule has 0 aliphatic carbocycles. The van der Waals surface area contributed by atoms with Crippen LogP contribution in [0, 0.1) is 11.8 Å². The Kier molecular flexibility index (Phi) is 4.58. The van der Waals surface area contributed by atoms with Gasteiger partial charge in [-0.1, -0.05) is 25.7 Å². The van der Waals surface area contributed by atoms with Crippen molar-refractivity contribution in [2.75, 3.05) is 13.2 Å². The van der Waals surface area contributed by atoms with Crippen LogP contribution in [0.25, 0.3) is 0 Å². The summed E-state index contributed by atoms with van der Waals surface area (Å²) in [5.41, 5.74) is 0.934. The highest BCUT2D eigenvalue weighted by Gasteiger charge is 2.01. The van der Waals surface area contributed by atoms with Crippen LogP contribution in [0.2, 0.25) is 0 Å². The van der Waals surface area contributed by atoms with Crippen LogP contribution in [-0.4, -0.2) is 28.3 Å². The Morgan fingerprint density at radius 3 is 2.67 bits per heavy atom. The van der Waals surface area contributed by atoms with Crippen molar-refractivity contribution in [3.63, 3.8) is 0 Å². The third kappa shape index (κ3) is 3.96. The number of rotatable bonds is 3. The standard InChI is InChI=1S/C11H14N2O2/c1-9(2)10-7-13-11(8-12-10)15-6-4-3-5-14/h7-9,14H,5-6H2,1-2H3. The number of hydrogen-bond donors (Lipinski definition) is 1. The van der Waals surface area contributed by atoms with Crippen molar-refractivity contribution in [3.05, 3.63) is 18.1 Å². The SMILES string of the molecule is CC(C)c1cnc(OCC#CCO)cn1. The van der Waals surface area contributed by atoms with E-state index >= 15 is 0 Å². The highest BCUT2D eigenvalue weighted by molar-refractivity contribution is 5.11. The minimum absolute atomic E-state index is 0.151. The normalized spacial score (nSPS) is 9.60. The lowest BCUT2D eigenvalue weighted by molar-refractivity contribution is 0.343. The minimum Gasteiger partial charge on any atom is -0.463 e. The Hall–Kier alpha value is -1.60. The first-order valence-electron chi connectivity index (χ1n) is 4.75. The molecule has 0 aromatic carbocycles. The van der Waals surface area contributed by atoms with E-state index in [1.165, 1.54) is 0 Å². The van der Waals surface area contributed by atoms with Gasteiger partial charge in [0.2, 0.25) is 5.88 Å². The molecule has 0 aliphatic rings. The average Bonchev–Trinajstić information content (AvgIpc) is 2.25. The summed E-state index contributed by atoms with van der Waals surface area (Å²) in [6.07, 6.45) is 3.27. The molecule has 1 aromatic rings. The highest BCUT2D eigenvalue weighted by atomic mass is 16.5. The molecule has 0 fully saturated rings. The van der Waals surface area contributed by atoms with Crippen molar-refractivity contribution in [1.29, 1.82) is 0 Å². The smallest absolute Gasteiger partial charge is 0.233 e. The van der Waals surface area contributed by atoms with Crippen LogP contribution in [0.4, 0.5) is 0 Å². The van der Waals surface area contributed by atoms with Gasteiger partial charge in [-0.2, -0.15) is 0 Å². The van der Waals surface area contributed by atoms with E-state index in [1.807, 2.05) is 0 Å². The molecule has 0 unspecified atom stereocenters. The molecule has 80 valence electrons. The van der Waals surface area contributed by atoms with E-state index in [-0.39, 0.29) is 13.2 Å². The van der Waals surface area contributed by atoms with Gasteiger partial charge in [0.15, 0.2) is 6.61 Å². The second-order valence-corrected chi connectivity index (χ2v) is 3.23. The molecule has 1 N–H and O–H groups in total. The van der Waals surface area contributed by atoms with Crippen LogP contribution in [0.5, 0.6) is 5.88 Å². The predicted octanol–water partition coefficient (Wildman–Crippen LogP) is 0.974. The molecule has 0 amide bonds. The molecular formula is C11H14N2O2. The lowest BCUT2D eigenvalue weighted by Gasteiger charge is -2.04. The predicted molar refractivity (Wildman–Crippen MR) is 56.5 cm³/mol. The zero-order valence-corrected chi connectivity index (χ0v) is 8.90. The first kappa shape index (κ1) is 11.5. The summed E-state index contributed by atoms with van der Waals surface area (Å²) in [6, 6.07) is 0. The fourth-order valence-corrected chi connectivity index (χ4v) is 0.916. The second-order valence-electron chi connectivity index (χ2n) is 3.23. The van der Waals surface area contributed by atoms with Crippen LogP contribution in [0.15, 0.2) is 12.4 Å².